The van der Waals surface area contributed by atoms with Crippen LogP contribution < -0.4 is 14.4 Å². The molecule has 1 aromatic heterocycles. The Morgan fingerprint density at radius 3 is 2.43 bits per heavy atom. The number of ether oxygens (including phenoxy) is 2. The SMILES string of the molecule is CCOc1ccc(/C(O)=C2\C(=O)C(=O)N(c3ccc(C)cc3)C2c2c[nH]c3ccccc23)c(OCC)c1. The van der Waals surface area contributed by atoms with Gasteiger partial charge in [-0.05, 0) is 51.1 Å². The Morgan fingerprint density at radius 2 is 1.70 bits per heavy atom. The number of amides is 1. The summed E-state index contributed by atoms with van der Waals surface area (Å²) in [4.78, 5) is 31.8. The highest BCUT2D eigenvalue weighted by Crippen LogP contribution is 2.45. The molecule has 2 heterocycles. The number of H-pyrrole nitrogens is 1. The molecule has 0 saturated carbocycles. The summed E-state index contributed by atoms with van der Waals surface area (Å²) in [5.41, 5.74) is 3.49. The van der Waals surface area contributed by atoms with Gasteiger partial charge < -0.3 is 19.6 Å². The maximum atomic E-state index is 13.6. The highest BCUT2D eigenvalue weighted by Gasteiger charge is 2.48. The fraction of sp³-hybridized carbons (Fsp3) is 0.200. The molecule has 0 bridgehead atoms. The Balaban J connectivity index is 1.75. The summed E-state index contributed by atoms with van der Waals surface area (Å²) in [6.45, 7) is 6.48. The third-order valence-corrected chi connectivity index (χ3v) is 6.49. The largest absolute Gasteiger partial charge is 0.507 e. The number of Topliss-reactive ketones (excluding diaryl/α,β-unsaturated/α-hetero) is 1. The summed E-state index contributed by atoms with van der Waals surface area (Å²) in [5.74, 6) is -0.815. The van der Waals surface area contributed by atoms with Crippen LogP contribution in [0.2, 0.25) is 0 Å². The first-order valence-electron chi connectivity index (χ1n) is 12.3. The number of aliphatic hydroxyl groups is 1. The molecule has 5 rings (SSSR count). The molecule has 1 atom stereocenters. The molecule has 2 N–H and O–H groups in total. The number of carbonyl (C=O) groups is 2. The second-order valence-electron chi connectivity index (χ2n) is 8.82. The number of aryl methyl sites for hydroxylation is 1. The minimum atomic E-state index is -0.847. The number of rotatable bonds is 7. The van der Waals surface area contributed by atoms with Gasteiger partial charge in [0.05, 0.1) is 30.4 Å². The van der Waals surface area contributed by atoms with Crippen LogP contribution in [0.3, 0.4) is 0 Å². The molecule has 1 unspecified atom stereocenters. The van der Waals surface area contributed by atoms with E-state index in [0.29, 0.717) is 41.5 Å². The molecule has 7 nitrogen and oxygen atoms in total. The molecule has 37 heavy (non-hydrogen) atoms. The number of carbonyl (C=O) groups excluding carboxylic acids is 2. The Labute approximate surface area is 214 Å². The molecule has 1 aliphatic rings. The normalized spacial score (nSPS) is 16.9. The molecule has 0 aliphatic carbocycles. The zero-order valence-electron chi connectivity index (χ0n) is 20.9. The van der Waals surface area contributed by atoms with Crippen molar-refractivity contribution in [1.29, 1.82) is 0 Å². The summed E-state index contributed by atoms with van der Waals surface area (Å²) in [6.07, 6.45) is 1.79. The summed E-state index contributed by atoms with van der Waals surface area (Å²) in [5, 5.41) is 12.5. The predicted molar refractivity (Wildman–Crippen MR) is 143 cm³/mol. The summed E-state index contributed by atoms with van der Waals surface area (Å²) < 4.78 is 11.4. The first-order chi connectivity index (χ1) is 17.9. The Kier molecular flexibility index (Phi) is 6.44. The van der Waals surface area contributed by atoms with Gasteiger partial charge in [0.25, 0.3) is 11.7 Å². The minimum Gasteiger partial charge on any atom is -0.507 e. The lowest BCUT2D eigenvalue weighted by Crippen LogP contribution is -2.29. The fourth-order valence-electron chi connectivity index (χ4n) is 4.79. The Hall–Kier alpha value is -4.52. The molecular formula is C30H28N2O5. The number of hydrogen-bond acceptors (Lipinski definition) is 5. The molecule has 7 heteroatoms. The van der Waals surface area contributed by atoms with Gasteiger partial charge in [-0.25, -0.2) is 0 Å². The van der Waals surface area contributed by atoms with E-state index >= 15 is 0 Å². The number of anilines is 1. The number of aromatic amines is 1. The van der Waals surface area contributed by atoms with Gasteiger partial charge in [-0.1, -0.05) is 35.9 Å². The quantitative estimate of drug-likeness (QED) is 0.189. The van der Waals surface area contributed by atoms with E-state index in [-0.39, 0.29) is 11.3 Å². The monoisotopic (exact) mass is 496 g/mol. The molecule has 4 aromatic rings. The molecule has 3 aromatic carbocycles. The maximum absolute atomic E-state index is 13.6. The summed E-state index contributed by atoms with van der Waals surface area (Å²) in [7, 11) is 0. The minimum absolute atomic E-state index is 0.000408. The van der Waals surface area contributed by atoms with Crippen molar-refractivity contribution in [2.24, 2.45) is 0 Å². The van der Waals surface area contributed by atoms with Crippen molar-refractivity contribution in [2.75, 3.05) is 18.1 Å². The topological polar surface area (TPSA) is 91.9 Å². The van der Waals surface area contributed by atoms with Crippen LogP contribution in [0.4, 0.5) is 5.69 Å². The van der Waals surface area contributed by atoms with Gasteiger partial charge in [-0.15, -0.1) is 0 Å². The number of nitrogens with zero attached hydrogens (tertiary/aromatic N) is 1. The van der Waals surface area contributed by atoms with Crippen LogP contribution in [0.1, 0.15) is 36.6 Å². The smallest absolute Gasteiger partial charge is 0.300 e. The predicted octanol–water partition coefficient (Wildman–Crippen LogP) is 5.90. The van der Waals surface area contributed by atoms with E-state index in [4.69, 9.17) is 9.47 Å². The van der Waals surface area contributed by atoms with Crippen molar-refractivity contribution in [3.05, 3.63) is 95.2 Å². The average Bonchev–Trinajstić information content (AvgIpc) is 3.43. The molecule has 1 aliphatic heterocycles. The van der Waals surface area contributed by atoms with Gasteiger partial charge in [0.1, 0.15) is 17.3 Å². The highest BCUT2D eigenvalue weighted by atomic mass is 16.5. The molecule has 188 valence electrons. The number of aromatic nitrogens is 1. The number of benzene rings is 3. The second-order valence-corrected chi connectivity index (χ2v) is 8.82. The standard InChI is InChI=1S/C30H28N2O5/c1-4-36-20-14-15-22(25(16-20)37-5-2)28(33)26-27(23-17-31-24-9-7-6-8-21(23)24)32(30(35)29(26)34)19-12-10-18(3)11-13-19/h6-17,27,31,33H,4-5H2,1-3H3/b28-26+. The maximum Gasteiger partial charge on any atom is 0.300 e. The van der Waals surface area contributed by atoms with Crippen LogP contribution in [-0.4, -0.2) is 35.0 Å². The third-order valence-electron chi connectivity index (χ3n) is 6.49. The van der Waals surface area contributed by atoms with Crippen molar-refractivity contribution in [3.8, 4) is 11.5 Å². The number of aliphatic hydroxyl groups excluding tert-OH is 1. The number of para-hydroxylation sites is 1. The van der Waals surface area contributed by atoms with Gasteiger partial charge in [0.15, 0.2) is 0 Å². The van der Waals surface area contributed by atoms with Gasteiger partial charge in [-0.2, -0.15) is 0 Å². The lowest BCUT2D eigenvalue weighted by molar-refractivity contribution is -0.132. The van der Waals surface area contributed by atoms with Crippen LogP contribution in [0.5, 0.6) is 11.5 Å². The molecule has 1 saturated heterocycles. The molecule has 0 radical (unpaired) electrons. The molecule has 0 spiro atoms. The van der Waals surface area contributed by atoms with E-state index in [1.807, 2.05) is 69.3 Å². The van der Waals surface area contributed by atoms with Crippen molar-refractivity contribution in [3.63, 3.8) is 0 Å². The van der Waals surface area contributed by atoms with Gasteiger partial charge >= 0.3 is 0 Å². The average molecular weight is 497 g/mol. The lowest BCUT2D eigenvalue weighted by Gasteiger charge is -2.25. The van der Waals surface area contributed by atoms with Gasteiger partial charge in [0, 0.05) is 34.4 Å². The van der Waals surface area contributed by atoms with Crippen LogP contribution in [-0.2, 0) is 9.59 Å². The Bertz CT molecular complexity index is 1520. The Morgan fingerprint density at radius 1 is 0.973 bits per heavy atom. The van der Waals surface area contributed by atoms with Gasteiger partial charge in [-0.3, -0.25) is 14.5 Å². The van der Waals surface area contributed by atoms with Crippen molar-refractivity contribution >= 4 is 34.0 Å². The molecule has 1 fully saturated rings. The fourth-order valence-corrected chi connectivity index (χ4v) is 4.79. The van der Waals surface area contributed by atoms with Crippen LogP contribution in [0, 0.1) is 6.92 Å². The van der Waals surface area contributed by atoms with E-state index in [1.54, 1.807) is 24.4 Å². The van der Waals surface area contributed by atoms with Crippen LogP contribution in [0.15, 0.2) is 78.5 Å². The van der Waals surface area contributed by atoms with E-state index < -0.39 is 17.7 Å². The zero-order chi connectivity index (χ0) is 26.1. The third kappa shape index (κ3) is 4.22. The van der Waals surface area contributed by atoms with E-state index in [2.05, 4.69) is 4.98 Å². The number of hydrogen-bond donors (Lipinski definition) is 2. The number of fused-ring (bicyclic) bond motifs is 1. The highest BCUT2D eigenvalue weighted by molar-refractivity contribution is 6.52. The lowest BCUT2D eigenvalue weighted by atomic mass is 9.94. The first-order valence-corrected chi connectivity index (χ1v) is 12.3. The van der Waals surface area contributed by atoms with E-state index in [9.17, 15) is 14.7 Å². The zero-order valence-corrected chi connectivity index (χ0v) is 20.9. The number of nitrogens with one attached hydrogen (secondary N) is 1. The second kappa shape index (κ2) is 9.85. The van der Waals surface area contributed by atoms with E-state index in [1.165, 1.54) is 4.90 Å². The number of ketones is 1. The van der Waals surface area contributed by atoms with Gasteiger partial charge in [0.2, 0.25) is 0 Å². The molecular weight excluding hydrogens is 468 g/mol. The first kappa shape index (κ1) is 24.2. The van der Waals surface area contributed by atoms with E-state index in [0.717, 1.165) is 16.5 Å². The summed E-state index contributed by atoms with van der Waals surface area (Å²) >= 11 is 0. The summed E-state index contributed by atoms with van der Waals surface area (Å²) in [6, 6.07) is 19.3. The van der Waals surface area contributed by atoms with Crippen molar-refractivity contribution < 1.29 is 24.2 Å². The van der Waals surface area contributed by atoms with Crippen molar-refractivity contribution in [1.82, 2.24) is 4.98 Å². The van der Waals surface area contributed by atoms with Crippen LogP contribution in [0.25, 0.3) is 16.7 Å². The van der Waals surface area contributed by atoms with Crippen LogP contribution >= 0.6 is 0 Å². The molecule has 1 amide bonds. The van der Waals surface area contributed by atoms with Crippen molar-refractivity contribution in [2.45, 2.75) is 26.8 Å².